The smallest absolute Gasteiger partial charge is 0.337 e. The Bertz CT molecular complexity index is 866. The molecule has 160 valence electrons. The van der Waals surface area contributed by atoms with Gasteiger partial charge in [-0.25, -0.2) is 9.59 Å². The monoisotopic (exact) mass is 414 g/mol. The fourth-order valence-corrected chi connectivity index (χ4v) is 3.37. The van der Waals surface area contributed by atoms with Gasteiger partial charge in [-0.05, 0) is 43.3 Å². The molecule has 1 atom stereocenters. The van der Waals surface area contributed by atoms with Crippen LogP contribution in [-0.2, 0) is 16.1 Å². The van der Waals surface area contributed by atoms with Crippen molar-refractivity contribution in [3.8, 4) is 0 Å². The molecule has 1 aromatic carbocycles. The molecule has 3 rings (SSSR count). The Kier molecular flexibility index (Phi) is 7.08. The molecule has 9 nitrogen and oxygen atoms in total. The Balaban J connectivity index is 1.45. The molecule has 1 fully saturated rings. The number of nitrogens with one attached hydrogen (secondary N) is 2. The SMILES string of the molecule is COC(=O)c1ccc(N2CCN(CC(=O)NC(=O)NCc3ccco3)C(C)C2)cc1. The number of nitrogens with zero attached hydrogens (tertiary/aromatic N) is 2. The number of carbonyl (C=O) groups is 3. The molecule has 0 saturated carbocycles. The van der Waals surface area contributed by atoms with E-state index in [9.17, 15) is 14.4 Å². The van der Waals surface area contributed by atoms with Crippen LogP contribution < -0.4 is 15.5 Å². The first kappa shape index (κ1) is 21.4. The van der Waals surface area contributed by atoms with E-state index >= 15 is 0 Å². The Labute approximate surface area is 175 Å². The van der Waals surface area contributed by atoms with Crippen LogP contribution in [0.4, 0.5) is 10.5 Å². The Morgan fingerprint density at radius 3 is 2.57 bits per heavy atom. The lowest BCUT2D eigenvalue weighted by Gasteiger charge is -2.40. The molecule has 2 heterocycles. The quantitative estimate of drug-likeness (QED) is 0.692. The maximum Gasteiger partial charge on any atom is 0.337 e. The Morgan fingerprint density at radius 1 is 1.17 bits per heavy atom. The molecule has 1 aliphatic rings. The molecule has 0 bridgehead atoms. The van der Waals surface area contributed by atoms with E-state index in [2.05, 4.69) is 15.5 Å². The number of rotatable bonds is 6. The van der Waals surface area contributed by atoms with E-state index in [0.29, 0.717) is 17.9 Å². The van der Waals surface area contributed by atoms with E-state index in [1.165, 1.54) is 13.4 Å². The fourth-order valence-electron chi connectivity index (χ4n) is 3.37. The molecule has 1 aromatic heterocycles. The number of methoxy groups -OCH3 is 1. The number of esters is 1. The number of urea groups is 1. The number of imide groups is 1. The summed E-state index contributed by atoms with van der Waals surface area (Å²) in [6, 6.07) is 10.3. The predicted molar refractivity (Wildman–Crippen MR) is 110 cm³/mol. The van der Waals surface area contributed by atoms with Gasteiger partial charge in [-0.3, -0.25) is 15.0 Å². The Hall–Kier alpha value is -3.33. The number of amides is 3. The van der Waals surface area contributed by atoms with Crippen LogP contribution in [-0.4, -0.2) is 62.1 Å². The summed E-state index contributed by atoms with van der Waals surface area (Å²) < 4.78 is 9.85. The maximum atomic E-state index is 12.2. The van der Waals surface area contributed by atoms with Gasteiger partial charge in [0.2, 0.25) is 5.91 Å². The standard InChI is InChI=1S/C21H26N4O5/c1-15-13-25(17-7-5-16(6-8-17)20(27)29-2)10-9-24(15)14-19(26)23-21(28)22-12-18-4-3-11-30-18/h3-8,11,15H,9-10,12-14H2,1-2H3,(H2,22,23,26,28). The van der Waals surface area contributed by atoms with Gasteiger partial charge in [-0.2, -0.15) is 0 Å². The number of carbonyl (C=O) groups excluding carboxylic acids is 3. The summed E-state index contributed by atoms with van der Waals surface area (Å²) in [7, 11) is 1.36. The number of furan rings is 1. The van der Waals surface area contributed by atoms with Crippen molar-refractivity contribution in [2.45, 2.75) is 19.5 Å². The summed E-state index contributed by atoms with van der Waals surface area (Å²) in [4.78, 5) is 39.9. The molecule has 0 spiro atoms. The average molecular weight is 414 g/mol. The number of hydrogen-bond donors (Lipinski definition) is 2. The number of ether oxygens (including phenoxy) is 1. The van der Waals surface area contributed by atoms with Gasteiger partial charge >= 0.3 is 12.0 Å². The number of benzene rings is 1. The first-order valence-corrected chi connectivity index (χ1v) is 9.73. The second kappa shape index (κ2) is 9.93. The molecular weight excluding hydrogens is 388 g/mol. The minimum atomic E-state index is -0.548. The third kappa shape index (κ3) is 5.60. The fraction of sp³-hybridized carbons (Fsp3) is 0.381. The third-order valence-corrected chi connectivity index (χ3v) is 5.02. The topological polar surface area (TPSA) is 104 Å². The minimum Gasteiger partial charge on any atom is -0.467 e. The van der Waals surface area contributed by atoms with Gasteiger partial charge in [0.25, 0.3) is 0 Å². The molecule has 3 amide bonds. The maximum absolute atomic E-state index is 12.2. The van der Waals surface area contributed by atoms with Crippen molar-refractivity contribution in [1.82, 2.24) is 15.5 Å². The largest absolute Gasteiger partial charge is 0.467 e. The molecule has 1 unspecified atom stereocenters. The van der Waals surface area contributed by atoms with Crippen molar-refractivity contribution in [3.05, 3.63) is 54.0 Å². The summed E-state index contributed by atoms with van der Waals surface area (Å²) in [6.45, 7) is 4.55. The predicted octanol–water partition coefficient (Wildman–Crippen LogP) is 1.60. The highest BCUT2D eigenvalue weighted by molar-refractivity contribution is 5.95. The van der Waals surface area contributed by atoms with Gasteiger partial charge in [0.15, 0.2) is 0 Å². The van der Waals surface area contributed by atoms with Gasteiger partial charge < -0.3 is 19.4 Å². The number of anilines is 1. The first-order chi connectivity index (χ1) is 14.5. The van der Waals surface area contributed by atoms with Crippen molar-refractivity contribution < 1.29 is 23.5 Å². The van der Waals surface area contributed by atoms with Gasteiger partial charge in [0.05, 0.1) is 32.0 Å². The van der Waals surface area contributed by atoms with Crippen molar-refractivity contribution in [2.24, 2.45) is 0 Å². The van der Waals surface area contributed by atoms with Crippen molar-refractivity contribution in [1.29, 1.82) is 0 Å². The number of hydrogen-bond acceptors (Lipinski definition) is 7. The molecule has 2 aromatic rings. The zero-order valence-electron chi connectivity index (χ0n) is 17.1. The summed E-state index contributed by atoms with van der Waals surface area (Å²) >= 11 is 0. The molecule has 30 heavy (non-hydrogen) atoms. The van der Waals surface area contributed by atoms with E-state index in [0.717, 1.165) is 18.8 Å². The van der Waals surface area contributed by atoms with Gasteiger partial charge in [0.1, 0.15) is 5.76 Å². The van der Waals surface area contributed by atoms with E-state index in [1.54, 1.807) is 24.3 Å². The van der Waals surface area contributed by atoms with Crippen LogP contribution in [0.15, 0.2) is 47.1 Å². The van der Waals surface area contributed by atoms with E-state index in [1.807, 2.05) is 24.0 Å². The average Bonchev–Trinajstić information content (AvgIpc) is 3.27. The zero-order chi connectivity index (χ0) is 21.5. The molecule has 0 radical (unpaired) electrons. The molecule has 0 aliphatic carbocycles. The lowest BCUT2D eigenvalue weighted by Crippen LogP contribution is -2.55. The van der Waals surface area contributed by atoms with Gasteiger partial charge in [-0.1, -0.05) is 0 Å². The van der Waals surface area contributed by atoms with Crippen LogP contribution in [0.1, 0.15) is 23.0 Å². The van der Waals surface area contributed by atoms with Crippen LogP contribution in [0, 0.1) is 0 Å². The molecular formula is C21H26N4O5. The molecule has 1 saturated heterocycles. The Morgan fingerprint density at radius 2 is 1.93 bits per heavy atom. The van der Waals surface area contributed by atoms with Crippen LogP contribution in [0.3, 0.4) is 0 Å². The highest BCUT2D eigenvalue weighted by Gasteiger charge is 2.26. The highest BCUT2D eigenvalue weighted by atomic mass is 16.5. The van der Waals surface area contributed by atoms with Crippen molar-refractivity contribution in [2.75, 3.05) is 38.2 Å². The van der Waals surface area contributed by atoms with Crippen molar-refractivity contribution >= 4 is 23.6 Å². The summed E-state index contributed by atoms with van der Waals surface area (Å²) in [6.07, 6.45) is 1.52. The normalized spacial score (nSPS) is 16.7. The van der Waals surface area contributed by atoms with E-state index in [4.69, 9.17) is 9.15 Å². The summed E-state index contributed by atoms with van der Waals surface area (Å²) in [5.74, 6) is -0.101. The van der Waals surface area contributed by atoms with E-state index in [-0.39, 0.29) is 31.0 Å². The molecule has 9 heteroatoms. The lowest BCUT2D eigenvalue weighted by atomic mass is 10.1. The minimum absolute atomic E-state index is 0.121. The zero-order valence-corrected chi connectivity index (χ0v) is 17.1. The summed E-state index contributed by atoms with van der Waals surface area (Å²) in [5, 5.41) is 4.93. The van der Waals surface area contributed by atoms with Crippen LogP contribution in [0.2, 0.25) is 0 Å². The molecule has 1 aliphatic heterocycles. The lowest BCUT2D eigenvalue weighted by molar-refractivity contribution is -0.121. The van der Waals surface area contributed by atoms with Crippen LogP contribution in [0.5, 0.6) is 0 Å². The second-order valence-electron chi connectivity index (χ2n) is 7.11. The third-order valence-electron chi connectivity index (χ3n) is 5.02. The van der Waals surface area contributed by atoms with E-state index < -0.39 is 6.03 Å². The van der Waals surface area contributed by atoms with Gasteiger partial charge in [0, 0.05) is 31.4 Å². The van der Waals surface area contributed by atoms with Crippen LogP contribution in [0.25, 0.3) is 0 Å². The summed E-state index contributed by atoms with van der Waals surface area (Å²) in [5.41, 5.74) is 1.52. The van der Waals surface area contributed by atoms with Crippen molar-refractivity contribution in [3.63, 3.8) is 0 Å². The molecule has 2 N–H and O–H groups in total. The second-order valence-corrected chi connectivity index (χ2v) is 7.11. The first-order valence-electron chi connectivity index (χ1n) is 9.73. The van der Waals surface area contributed by atoms with Gasteiger partial charge in [-0.15, -0.1) is 0 Å². The van der Waals surface area contributed by atoms with Crippen LogP contribution >= 0.6 is 0 Å². The highest BCUT2D eigenvalue weighted by Crippen LogP contribution is 2.20. The number of piperazine rings is 1.